The number of benzene rings is 1. The van der Waals surface area contributed by atoms with Gasteiger partial charge in [0.05, 0.1) is 6.61 Å². The summed E-state index contributed by atoms with van der Waals surface area (Å²) in [7, 11) is -3.40. The fraction of sp³-hybridized carbons (Fsp3) is 0.333. The van der Waals surface area contributed by atoms with Crippen LogP contribution in [0.1, 0.15) is 18.1 Å². The van der Waals surface area contributed by atoms with Gasteiger partial charge in [0.25, 0.3) is 0 Å². The van der Waals surface area contributed by atoms with E-state index in [4.69, 9.17) is 4.74 Å². The fourth-order valence-corrected chi connectivity index (χ4v) is 4.75. The Morgan fingerprint density at radius 2 is 2.24 bits per heavy atom. The number of sulfonamides is 1. The van der Waals surface area contributed by atoms with E-state index in [1.54, 1.807) is 17.5 Å². The fourth-order valence-electron chi connectivity index (χ4n) is 2.50. The van der Waals surface area contributed by atoms with E-state index in [0.717, 1.165) is 24.3 Å². The van der Waals surface area contributed by atoms with Crippen molar-refractivity contribution in [3.63, 3.8) is 0 Å². The van der Waals surface area contributed by atoms with Crippen molar-refractivity contribution in [1.29, 1.82) is 0 Å². The van der Waals surface area contributed by atoms with Gasteiger partial charge in [-0.1, -0.05) is 18.2 Å². The molecule has 6 heteroatoms. The highest BCUT2D eigenvalue weighted by Crippen LogP contribution is 2.26. The normalized spacial score (nSPS) is 15.5. The van der Waals surface area contributed by atoms with Crippen LogP contribution in [0.25, 0.3) is 0 Å². The monoisotopic (exact) mass is 323 g/mol. The average molecular weight is 323 g/mol. The summed E-state index contributed by atoms with van der Waals surface area (Å²) in [4.78, 5) is 0. The third-order valence-corrected chi connectivity index (χ3v) is 6.40. The Morgan fingerprint density at radius 1 is 1.38 bits per heavy atom. The van der Waals surface area contributed by atoms with E-state index in [1.165, 1.54) is 16.9 Å². The molecule has 1 N–H and O–H groups in total. The zero-order valence-corrected chi connectivity index (χ0v) is 13.3. The SMILES string of the molecule is C[C@@H](Cc1ccc2c(c1)CCO2)NS(=O)(=O)c1cccs1. The summed E-state index contributed by atoms with van der Waals surface area (Å²) in [5.74, 6) is 0.950. The molecule has 0 radical (unpaired) electrons. The van der Waals surface area contributed by atoms with E-state index >= 15 is 0 Å². The Morgan fingerprint density at radius 3 is 3.00 bits per heavy atom. The van der Waals surface area contributed by atoms with Crippen molar-refractivity contribution >= 4 is 21.4 Å². The molecule has 4 nitrogen and oxygen atoms in total. The molecule has 0 aliphatic carbocycles. The van der Waals surface area contributed by atoms with E-state index in [9.17, 15) is 8.42 Å². The number of hydrogen-bond acceptors (Lipinski definition) is 4. The molecule has 112 valence electrons. The minimum Gasteiger partial charge on any atom is -0.493 e. The standard InChI is InChI=1S/C15H17NO3S2/c1-11(16-21(17,18)15-3-2-8-20-15)9-12-4-5-14-13(10-12)6-7-19-14/h2-5,8,10-11,16H,6-7,9H2,1H3/t11-/m0/s1. The highest BCUT2D eigenvalue weighted by atomic mass is 32.2. The second-order valence-electron chi connectivity index (χ2n) is 5.20. The summed E-state index contributed by atoms with van der Waals surface area (Å²) < 4.78 is 32.9. The molecular weight excluding hydrogens is 306 g/mol. The zero-order valence-electron chi connectivity index (χ0n) is 11.7. The first kappa shape index (κ1) is 14.6. The molecule has 0 saturated carbocycles. The molecule has 0 bridgehead atoms. The largest absolute Gasteiger partial charge is 0.493 e. The molecule has 21 heavy (non-hydrogen) atoms. The van der Waals surface area contributed by atoms with Gasteiger partial charge in [0.1, 0.15) is 9.96 Å². The van der Waals surface area contributed by atoms with Gasteiger partial charge in [-0.05, 0) is 42.0 Å². The first-order valence-corrected chi connectivity index (χ1v) is 9.21. The Bertz CT molecular complexity index is 723. The molecule has 0 spiro atoms. The molecule has 0 unspecified atom stereocenters. The predicted octanol–water partition coefficient (Wildman–Crippen LogP) is 2.59. The molecule has 1 aliphatic rings. The van der Waals surface area contributed by atoms with Gasteiger partial charge in [0.2, 0.25) is 10.0 Å². The van der Waals surface area contributed by atoms with E-state index < -0.39 is 10.0 Å². The highest BCUT2D eigenvalue weighted by molar-refractivity contribution is 7.91. The van der Waals surface area contributed by atoms with Crippen molar-refractivity contribution in [2.45, 2.75) is 30.0 Å². The second kappa shape index (κ2) is 5.79. The quantitative estimate of drug-likeness (QED) is 0.920. The summed E-state index contributed by atoms with van der Waals surface area (Å²) in [6.07, 6.45) is 1.59. The number of hydrogen-bond donors (Lipinski definition) is 1. The van der Waals surface area contributed by atoms with Gasteiger partial charge < -0.3 is 4.74 Å². The maximum Gasteiger partial charge on any atom is 0.250 e. The van der Waals surface area contributed by atoms with Crippen LogP contribution < -0.4 is 9.46 Å². The lowest BCUT2D eigenvalue weighted by atomic mass is 10.0. The minimum absolute atomic E-state index is 0.155. The van der Waals surface area contributed by atoms with Crippen LogP contribution in [0.3, 0.4) is 0 Å². The minimum atomic E-state index is -3.40. The summed E-state index contributed by atoms with van der Waals surface area (Å²) in [5, 5.41) is 1.76. The summed E-state index contributed by atoms with van der Waals surface area (Å²) in [5.41, 5.74) is 2.33. The first-order valence-electron chi connectivity index (χ1n) is 6.85. The number of thiophene rings is 1. The molecule has 0 saturated heterocycles. The van der Waals surface area contributed by atoms with Crippen LogP contribution in [0.2, 0.25) is 0 Å². The predicted molar refractivity (Wildman–Crippen MR) is 83.4 cm³/mol. The lowest BCUT2D eigenvalue weighted by Crippen LogP contribution is -2.33. The van der Waals surface area contributed by atoms with Crippen molar-refractivity contribution in [1.82, 2.24) is 4.72 Å². The van der Waals surface area contributed by atoms with Crippen LogP contribution in [-0.4, -0.2) is 21.1 Å². The van der Waals surface area contributed by atoms with Crippen molar-refractivity contribution in [3.05, 3.63) is 46.8 Å². The summed E-state index contributed by atoms with van der Waals surface area (Å²) in [6, 6.07) is 9.28. The van der Waals surface area contributed by atoms with Crippen LogP contribution in [0.15, 0.2) is 39.9 Å². The van der Waals surface area contributed by atoms with Crippen LogP contribution in [0, 0.1) is 0 Å². The second-order valence-corrected chi connectivity index (χ2v) is 8.09. The molecule has 1 atom stereocenters. The Hall–Kier alpha value is -1.37. The lowest BCUT2D eigenvalue weighted by molar-refractivity contribution is 0.357. The average Bonchev–Trinajstić information content (AvgIpc) is 3.09. The van der Waals surface area contributed by atoms with Gasteiger partial charge in [-0.15, -0.1) is 11.3 Å². The highest BCUT2D eigenvalue weighted by Gasteiger charge is 2.19. The van der Waals surface area contributed by atoms with E-state index in [-0.39, 0.29) is 6.04 Å². The van der Waals surface area contributed by atoms with Gasteiger partial charge in [-0.2, -0.15) is 0 Å². The molecule has 0 amide bonds. The molecule has 1 aromatic carbocycles. The molecule has 2 aromatic rings. The van der Waals surface area contributed by atoms with Crippen LogP contribution in [0.4, 0.5) is 0 Å². The molecule has 3 rings (SSSR count). The third kappa shape index (κ3) is 3.28. The molecule has 1 aromatic heterocycles. The summed E-state index contributed by atoms with van der Waals surface area (Å²) >= 11 is 1.23. The third-order valence-electron chi connectivity index (χ3n) is 3.41. The molecule has 0 fully saturated rings. The van der Waals surface area contributed by atoms with Crippen LogP contribution in [0.5, 0.6) is 5.75 Å². The Kier molecular flexibility index (Phi) is 4.01. The van der Waals surface area contributed by atoms with Gasteiger partial charge >= 0.3 is 0 Å². The smallest absolute Gasteiger partial charge is 0.250 e. The number of nitrogens with one attached hydrogen (secondary N) is 1. The first-order chi connectivity index (χ1) is 10.0. The zero-order chi connectivity index (χ0) is 14.9. The van der Waals surface area contributed by atoms with Crippen LogP contribution in [-0.2, 0) is 22.9 Å². The van der Waals surface area contributed by atoms with E-state index in [0.29, 0.717) is 10.6 Å². The van der Waals surface area contributed by atoms with Gasteiger partial charge in [-0.3, -0.25) is 0 Å². The Balaban J connectivity index is 1.68. The van der Waals surface area contributed by atoms with Crippen molar-refractivity contribution in [2.75, 3.05) is 6.61 Å². The lowest BCUT2D eigenvalue weighted by Gasteiger charge is -2.14. The maximum absolute atomic E-state index is 12.2. The molecule has 1 aliphatic heterocycles. The van der Waals surface area contributed by atoms with Gasteiger partial charge in [-0.25, -0.2) is 13.1 Å². The maximum atomic E-state index is 12.2. The van der Waals surface area contributed by atoms with Crippen molar-refractivity contribution < 1.29 is 13.2 Å². The van der Waals surface area contributed by atoms with Gasteiger partial charge in [0.15, 0.2) is 0 Å². The summed E-state index contributed by atoms with van der Waals surface area (Å²) in [6.45, 7) is 2.62. The molecular formula is C15H17NO3S2. The number of rotatable bonds is 5. The van der Waals surface area contributed by atoms with Crippen molar-refractivity contribution in [3.8, 4) is 5.75 Å². The number of fused-ring (bicyclic) bond motifs is 1. The number of ether oxygens (including phenoxy) is 1. The topological polar surface area (TPSA) is 55.4 Å². The van der Waals surface area contributed by atoms with Gasteiger partial charge in [0, 0.05) is 12.5 Å². The van der Waals surface area contributed by atoms with Crippen LogP contribution >= 0.6 is 11.3 Å². The Labute approximate surface area is 128 Å². The molecule has 2 heterocycles. The van der Waals surface area contributed by atoms with E-state index in [1.807, 2.05) is 19.1 Å². The van der Waals surface area contributed by atoms with Crippen molar-refractivity contribution in [2.24, 2.45) is 0 Å². The van der Waals surface area contributed by atoms with E-state index in [2.05, 4.69) is 10.8 Å².